The summed E-state index contributed by atoms with van der Waals surface area (Å²) in [5, 5.41) is 2.87. The monoisotopic (exact) mass is 335 g/mol. The molecule has 1 amide bonds. The number of furan rings is 1. The fourth-order valence-corrected chi connectivity index (χ4v) is 2.63. The minimum atomic E-state index is -0.543. The summed E-state index contributed by atoms with van der Waals surface area (Å²) < 4.78 is 15.9. The number of thioether (sulfide) groups is 1. The van der Waals surface area contributed by atoms with Gasteiger partial charge in [-0.15, -0.1) is 0 Å². The second-order valence-electron chi connectivity index (χ2n) is 4.86. The van der Waals surface area contributed by atoms with Gasteiger partial charge in [0.15, 0.2) is 6.10 Å². The van der Waals surface area contributed by atoms with Crippen LogP contribution in [0.15, 0.2) is 47.1 Å². The summed E-state index contributed by atoms with van der Waals surface area (Å²) in [6.45, 7) is 2.33. The molecular formula is C17H21NO4S. The number of nitrogens with one attached hydrogen (secondary N) is 1. The molecule has 6 heteroatoms. The number of hydrogen-bond acceptors (Lipinski definition) is 5. The maximum atomic E-state index is 12.0. The Kier molecular flexibility index (Phi) is 6.87. The van der Waals surface area contributed by atoms with Crippen LogP contribution in [0.1, 0.15) is 12.7 Å². The lowest BCUT2D eigenvalue weighted by Crippen LogP contribution is -2.37. The van der Waals surface area contributed by atoms with Crippen LogP contribution in [0.3, 0.4) is 0 Å². The van der Waals surface area contributed by atoms with Gasteiger partial charge in [-0.3, -0.25) is 4.79 Å². The summed E-state index contributed by atoms with van der Waals surface area (Å²) >= 11 is 1.71. The van der Waals surface area contributed by atoms with Gasteiger partial charge in [0.05, 0.1) is 19.1 Å². The second-order valence-corrected chi connectivity index (χ2v) is 5.96. The Morgan fingerprint density at radius 3 is 2.65 bits per heavy atom. The van der Waals surface area contributed by atoms with Crippen molar-refractivity contribution in [2.75, 3.05) is 19.4 Å². The summed E-state index contributed by atoms with van der Waals surface area (Å²) in [6, 6.07) is 11.0. The highest BCUT2D eigenvalue weighted by molar-refractivity contribution is 7.98. The number of ether oxygens (including phenoxy) is 2. The highest BCUT2D eigenvalue weighted by atomic mass is 32.2. The first-order chi connectivity index (χ1) is 11.2. The first kappa shape index (κ1) is 17.3. The molecule has 2 rings (SSSR count). The quantitative estimate of drug-likeness (QED) is 0.714. The summed E-state index contributed by atoms with van der Waals surface area (Å²) in [5.41, 5.74) is 0. The van der Waals surface area contributed by atoms with Gasteiger partial charge in [0.25, 0.3) is 5.91 Å². The van der Waals surface area contributed by atoms with Gasteiger partial charge in [0.2, 0.25) is 0 Å². The second kappa shape index (κ2) is 9.15. The number of benzene rings is 1. The third kappa shape index (κ3) is 5.90. The van der Waals surface area contributed by atoms with Crippen LogP contribution in [0.2, 0.25) is 0 Å². The van der Waals surface area contributed by atoms with E-state index in [1.54, 1.807) is 56.3 Å². The summed E-state index contributed by atoms with van der Waals surface area (Å²) in [7, 11) is 1.61. The molecule has 1 heterocycles. The number of carbonyl (C=O) groups is 1. The van der Waals surface area contributed by atoms with Crippen molar-refractivity contribution >= 4 is 17.7 Å². The van der Waals surface area contributed by atoms with E-state index in [-0.39, 0.29) is 5.91 Å². The average molecular weight is 335 g/mol. The molecule has 1 unspecified atom stereocenters. The standard InChI is InChI=1S/C17H21NO4S/c1-13(22-15-7-5-14(20-2)6-8-15)17(19)18-9-11-23-12-16-4-3-10-21-16/h3-8,10,13H,9,11-12H2,1-2H3,(H,18,19). The lowest BCUT2D eigenvalue weighted by atomic mass is 10.3. The highest BCUT2D eigenvalue weighted by Gasteiger charge is 2.13. The Labute approximate surface area is 140 Å². The Bertz CT molecular complexity index is 583. The molecule has 0 aliphatic carbocycles. The molecule has 0 radical (unpaired) electrons. The third-order valence-corrected chi connectivity index (χ3v) is 4.09. The number of rotatable bonds is 9. The van der Waals surface area contributed by atoms with Gasteiger partial charge in [-0.1, -0.05) is 0 Å². The average Bonchev–Trinajstić information content (AvgIpc) is 3.08. The molecule has 1 aromatic carbocycles. The van der Waals surface area contributed by atoms with Gasteiger partial charge in [-0.25, -0.2) is 0 Å². The van der Waals surface area contributed by atoms with Crippen LogP contribution in [-0.4, -0.2) is 31.4 Å². The molecule has 0 bridgehead atoms. The maximum Gasteiger partial charge on any atom is 0.260 e. The zero-order valence-electron chi connectivity index (χ0n) is 13.3. The van der Waals surface area contributed by atoms with Crippen LogP contribution in [0.5, 0.6) is 11.5 Å². The van der Waals surface area contributed by atoms with Crippen LogP contribution < -0.4 is 14.8 Å². The summed E-state index contributed by atoms with van der Waals surface area (Å²) in [6.07, 6.45) is 1.12. The number of amides is 1. The van der Waals surface area contributed by atoms with Crippen LogP contribution in [-0.2, 0) is 10.5 Å². The van der Waals surface area contributed by atoms with Crippen LogP contribution in [0.25, 0.3) is 0 Å². The Morgan fingerprint density at radius 1 is 1.26 bits per heavy atom. The number of hydrogen-bond donors (Lipinski definition) is 1. The smallest absolute Gasteiger partial charge is 0.260 e. The van der Waals surface area contributed by atoms with E-state index in [9.17, 15) is 4.79 Å². The molecule has 0 fully saturated rings. The maximum absolute atomic E-state index is 12.0. The number of carbonyl (C=O) groups excluding carboxylic acids is 1. The number of methoxy groups -OCH3 is 1. The van der Waals surface area contributed by atoms with Crippen molar-refractivity contribution < 1.29 is 18.7 Å². The van der Waals surface area contributed by atoms with Crippen molar-refractivity contribution in [1.29, 1.82) is 0 Å². The molecule has 0 spiro atoms. The molecule has 0 saturated carbocycles. The molecule has 5 nitrogen and oxygen atoms in total. The van der Waals surface area contributed by atoms with Crippen LogP contribution in [0.4, 0.5) is 0 Å². The van der Waals surface area contributed by atoms with Crippen molar-refractivity contribution in [2.24, 2.45) is 0 Å². The SMILES string of the molecule is COc1ccc(OC(C)C(=O)NCCSCc2ccco2)cc1. The predicted octanol–water partition coefficient (Wildman–Crippen LogP) is 3.11. The van der Waals surface area contributed by atoms with Gasteiger partial charge in [0.1, 0.15) is 17.3 Å². The zero-order chi connectivity index (χ0) is 16.5. The van der Waals surface area contributed by atoms with Gasteiger partial charge >= 0.3 is 0 Å². The van der Waals surface area contributed by atoms with Gasteiger partial charge in [0, 0.05) is 12.3 Å². The minimum Gasteiger partial charge on any atom is -0.497 e. The molecular weight excluding hydrogens is 314 g/mol. The largest absolute Gasteiger partial charge is 0.497 e. The van der Waals surface area contributed by atoms with E-state index in [2.05, 4.69) is 5.32 Å². The molecule has 0 saturated heterocycles. The van der Waals surface area contributed by atoms with Crippen molar-refractivity contribution in [3.63, 3.8) is 0 Å². The molecule has 0 aliphatic heterocycles. The molecule has 1 atom stereocenters. The van der Waals surface area contributed by atoms with Crippen molar-refractivity contribution in [2.45, 2.75) is 18.8 Å². The Balaban J connectivity index is 1.63. The molecule has 2 aromatic rings. The lowest BCUT2D eigenvalue weighted by Gasteiger charge is -2.14. The minimum absolute atomic E-state index is 0.126. The van der Waals surface area contributed by atoms with Gasteiger partial charge < -0.3 is 19.2 Å². The first-order valence-electron chi connectivity index (χ1n) is 7.37. The fraction of sp³-hybridized carbons (Fsp3) is 0.353. The first-order valence-corrected chi connectivity index (χ1v) is 8.53. The van der Waals surface area contributed by atoms with Crippen LogP contribution in [0, 0.1) is 0 Å². The molecule has 124 valence electrons. The van der Waals surface area contributed by atoms with Gasteiger partial charge in [-0.05, 0) is 43.3 Å². The van der Waals surface area contributed by atoms with Crippen molar-refractivity contribution in [1.82, 2.24) is 5.32 Å². The lowest BCUT2D eigenvalue weighted by molar-refractivity contribution is -0.127. The van der Waals surface area contributed by atoms with E-state index in [1.165, 1.54) is 0 Å². The fourth-order valence-electron chi connectivity index (χ4n) is 1.87. The van der Waals surface area contributed by atoms with Crippen molar-refractivity contribution in [3.8, 4) is 11.5 Å². The molecule has 1 aromatic heterocycles. The van der Waals surface area contributed by atoms with Gasteiger partial charge in [-0.2, -0.15) is 11.8 Å². The summed E-state index contributed by atoms with van der Waals surface area (Å²) in [4.78, 5) is 12.0. The van der Waals surface area contributed by atoms with E-state index in [4.69, 9.17) is 13.9 Å². The predicted molar refractivity (Wildman–Crippen MR) is 91.0 cm³/mol. The molecule has 1 N–H and O–H groups in total. The van der Waals surface area contributed by atoms with Crippen LogP contribution >= 0.6 is 11.8 Å². The summed E-state index contributed by atoms with van der Waals surface area (Å²) in [5.74, 6) is 3.84. The van der Waals surface area contributed by atoms with E-state index >= 15 is 0 Å². The Morgan fingerprint density at radius 2 is 2.00 bits per heavy atom. The van der Waals surface area contributed by atoms with Crippen molar-refractivity contribution in [3.05, 3.63) is 48.4 Å². The topological polar surface area (TPSA) is 60.7 Å². The zero-order valence-corrected chi connectivity index (χ0v) is 14.1. The Hall–Kier alpha value is -2.08. The van der Waals surface area contributed by atoms with E-state index < -0.39 is 6.10 Å². The highest BCUT2D eigenvalue weighted by Crippen LogP contribution is 2.18. The molecule has 23 heavy (non-hydrogen) atoms. The molecule has 0 aliphatic rings. The normalized spacial score (nSPS) is 11.7. The van der Waals surface area contributed by atoms with E-state index in [1.807, 2.05) is 12.1 Å². The van der Waals surface area contributed by atoms with E-state index in [0.29, 0.717) is 12.3 Å². The van der Waals surface area contributed by atoms with E-state index in [0.717, 1.165) is 23.0 Å². The third-order valence-electron chi connectivity index (χ3n) is 3.11.